The first-order valence-electron chi connectivity index (χ1n) is 7.88. The molecule has 1 N–H and O–H groups in total. The van der Waals surface area contributed by atoms with Gasteiger partial charge in [-0.2, -0.15) is 0 Å². The lowest BCUT2D eigenvalue weighted by Gasteiger charge is -2.37. The number of carboxylic acid groups (broad SMARTS) is 1. The maximum Gasteiger partial charge on any atom is 0.307 e. The molecular formula is C18H18F2N2O2. The van der Waals surface area contributed by atoms with Crippen molar-refractivity contribution in [1.29, 1.82) is 0 Å². The number of carboxylic acids is 1. The summed E-state index contributed by atoms with van der Waals surface area (Å²) >= 11 is 0. The highest BCUT2D eigenvalue weighted by Gasteiger charge is 2.32. The van der Waals surface area contributed by atoms with Crippen LogP contribution in [0.25, 0.3) is 0 Å². The van der Waals surface area contributed by atoms with E-state index in [2.05, 4.69) is 4.98 Å². The molecule has 2 aromatic rings. The van der Waals surface area contributed by atoms with Crippen molar-refractivity contribution in [2.24, 2.45) is 5.92 Å². The van der Waals surface area contributed by atoms with E-state index in [1.807, 2.05) is 11.0 Å². The molecular weight excluding hydrogens is 314 g/mol. The zero-order valence-corrected chi connectivity index (χ0v) is 13.0. The highest BCUT2D eigenvalue weighted by Crippen LogP contribution is 2.33. The van der Waals surface area contributed by atoms with Crippen LogP contribution >= 0.6 is 0 Å². The molecule has 1 aliphatic rings. The van der Waals surface area contributed by atoms with Gasteiger partial charge in [-0.3, -0.25) is 14.7 Å². The molecule has 2 unspecified atom stereocenters. The fourth-order valence-corrected chi connectivity index (χ4v) is 3.29. The molecule has 1 saturated heterocycles. The number of rotatable bonds is 4. The van der Waals surface area contributed by atoms with Crippen molar-refractivity contribution in [3.8, 4) is 0 Å². The third-order valence-corrected chi connectivity index (χ3v) is 4.42. The molecule has 0 saturated carbocycles. The predicted molar refractivity (Wildman–Crippen MR) is 84.4 cm³/mol. The molecule has 1 aromatic carbocycles. The summed E-state index contributed by atoms with van der Waals surface area (Å²) in [5, 5.41) is 9.31. The average Bonchev–Trinajstić information content (AvgIpc) is 2.58. The zero-order chi connectivity index (χ0) is 17.1. The molecule has 1 aromatic heterocycles. The van der Waals surface area contributed by atoms with Crippen LogP contribution < -0.4 is 0 Å². The lowest BCUT2D eigenvalue weighted by atomic mass is 9.92. The molecule has 3 rings (SSSR count). The molecule has 0 aliphatic carbocycles. The smallest absolute Gasteiger partial charge is 0.307 e. The summed E-state index contributed by atoms with van der Waals surface area (Å²) in [5.41, 5.74) is 1.09. The van der Waals surface area contributed by atoms with Crippen molar-refractivity contribution in [2.45, 2.75) is 18.9 Å². The van der Waals surface area contributed by atoms with Crippen LogP contribution in [0.15, 0.2) is 42.7 Å². The summed E-state index contributed by atoms with van der Waals surface area (Å²) in [6.45, 7) is 0.978. The second kappa shape index (κ2) is 7.05. The second-order valence-electron chi connectivity index (χ2n) is 6.03. The summed E-state index contributed by atoms with van der Waals surface area (Å²) in [5.74, 6) is -2.60. The lowest BCUT2D eigenvalue weighted by molar-refractivity contribution is -0.143. The highest BCUT2D eigenvalue weighted by atomic mass is 19.1. The summed E-state index contributed by atoms with van der Waals surface area (Å²) in [6, 6.07) is 6.60. The van der Waals surface area contributed by atoms with Crippen LogP contribution in [0.2, 0.25) is 0 Å². The van der Waals surface area contributed by atoms with E-state index in [0.717, 1.165) is 18.1 Å². The molecule has 1 aliphatic heterocycles. The predicted octanol–water partition coefficient (Wildman–Crippen LogP) is 3.25. The molecule has 24 heavy (non-hydrogen) atoms. The monoisotopic (exact) mass is 332 g/mol. The van der Waals surface area contributed by atoms with E-state index in [4.69, 9.17) is 0 Å². The van der Waals surface area contributed by atoms with Gasteiger partial charge in [0, 0.05) is 30.6 Å². The van der Waals surface area contributed by atoms with Gasteiger partial charge >= 0.3 is 5.97 Å². The van der Waals surface area contributed by atoms with Crippen molar-refractivity contribution in [2.75, 3.05) is 13.1 Å². The number of benzene rings is 1. The molecule has 1 fully saturated rings. The number of nitrogens with zero attached hydrogens (tertiary/aromatic N) is 2. The molecule has 0 bridgehead atoms. The first-order valence-corrected chi connectivity index (χ1v) is 7.88. The first-order chi connectivity index (χ1) is 11.6. The Hall–Kier alpha value is -2.34. The number of hydrogen-bond donors (Lipinski definition) is 1. The van der Waals surface area contributed by atoms with Gasteiger partial charge in [-0.1, -0.05) is 12.1 Å². The number of hydrogen-bond acceptors (Lipinski definition) is 3. The molecule has 0 spiro atoms. The Bertz CT molecular complexity index is 724. The van der Waals surface area contributed by atoms with Crippen molar-refractivity contribution >= 4 is 5.97 Å². The van der Waals surface area contributed by atoms with Crippen molar-refractivity contribution < 1.29 is 18.7 Å². The van der Waals surface area contributed by atoms with E-state index < -0.39 is 29.6 Å². The van der Waals surface area contributed by atoms with E-state index in [1.54, 1.807) is 18.5 Å². The van der Waals surface area contributed by atoms with E-state index in [9.17, 15) is 18.7 Å². The number of halogens is 2. The van der Waals surface area contributed by atoms with Gasteiger partial charge in [-0.05, 0) is 37.1 Å². The first kappa shape index (κ1) is 16.5. The van der Waals surface area contributed by atoms with Crippen molar-refractivity contribution in [3.05, 3.63) is 65.5 Å². The molecule has 2 atom stereocenters. The Balaban J connectivity index is 2.01. The minimum absolute atomic E-state index is 0.325. The van der Waals surface area contributed by atoms with E-state index in [0.29, 0.717) is 25.1 Å². The van der Waals surface area contributed by atoms with Crippen molar-refractivity contribution in [3.63, 3.8) is 0 Å². The number of carbonyl (C=O) groups is 1. The standard InChI is InChI=1S/C18H18F2N2O2/c19-14-5-6-15(16(20)9-14)17(12-3-1-7-21-10-12)22-8-2-4-13(11-22)18(23)24/h1,3,5-7,9-10,13,17H,2,4,8,11H2,(H,23,24). The lowest BCUT2D eigenvalue weighted by Crippen LogP contribution is -2.41. The number of aromatic nitrogens is 1. The molecule has 0 radical (unpaired) electrons. The average molecular weight is 332 g/mol. The fraction of sp³-hybridized carbons (Fsp3) is 0.333. The number of piperidine rings is 1. The maximum absolute atomic E-state index is 14.4. The van der Waals surface area contributed by atoms with E-state index in [-0.39, 0.29) is 0 Å². The van der Waals surface area contributed by atoms with Crippen LogP contribution in [0.4, 0.5) is 8.78 Å². The normalized spacial score (nSPS) is 19.8. The quantitative estimate of drug-likeness (QED) is 0.934. The SMILES string of the molecule is O=C(O)C1CCCN(C(c2cccnc2)c2ccc(F)cc2F)C1. The molecule has 4 nitrogen and oxygen atoms in total. The van der Waals surface area contributed by atoms with Crippen LogP contribution in [0.3, 0.4) is 0 Å². The number of pyridine rings is 1. The largest absolute Gasteiger partial charge is 0.481 e. The Morgan fingerprint density at radius 2 is 2.17 bits per heavy atom. The van der Waals surface area contributed by atoms with Crippen LogP contribution in [0.1, 0.15) is 30.0 Å². The minimum Gasteiger partial charge on any atom is -0.481 e. The second-order valence-corrected chi connectivity index (χ2v) is 6.03. The summed E-state index contributed by atoms with van der Waals surface area (Å²) in [7, 11) is 0. The minimum atomic E-state index is -0.843. The third-order valence-electron chi connectivity index (χ3n) is 4.42. The van der Waals surface area contributed by atoms with Gasteiger partial charge in [-0.25, -0.2) is 8.78 Å². The van der Waals surface area contributed by atoms with E-state index >= 15 is 0 Å². The Kier molecular flexibility index (Phi) is 4.85. The topological polar surface area (TPSA) is 53.4 Å². The van der Waals surface area contributed by atoms with Gasteiger partial charge < -0.3 is 5.11 Å². The van der Waals surface area contributed by atoms with Gasteiger partial charge in [0.05, 0.1) is 12.0 Å². The number of likely N-dealkylation sites (tertiary alicyclic amines) is 1. The summed E-state index contributed by atoms with van der Waals surface area (Å²) in [6.07, 6.45) is 4.59. The highest BCUT2D eigenvalue weighted by molar-refractivity contribution is 5.70. The van der Waals surface area contributed by atoms with Gasteiger partial charge in [0.2, 0.25) is 0 Å². The molecule has 6 heteroatoms. The zero-order valence-electron chi connectivity index (χ0n) is 13.0. The van der Waals surface area contributed by atoms with Crippen LogP contribution in [-0.4, -0.2) is 34.0 Å². The van der Waals surface area contributed by atoms with E-state index in [1.165, 1.54) is 12.1 Å². The molecule has 2 heterocycles. The number of aliphatic carboxylic acids is 1. The van der Waals surface area contributed by atoms with Crippen LogP contribution in [0, 0.1) is 17.6 Å². The van der Waals surface area contributed by atoms with Crippen molar-refractivity contribution in [1.82, 2.24) is 9.88 Å². The summed E-state index contributed by atoms with van der Waals surface area (Å²) in [4.78, 5) is 17.4. The maximum atomic E-state index is 14.4. The van der Waals surface area contributed by atoms with Gasteiger partial charge in [0.25, 0.3) is 0 Å². The fourth-order valence-electron chi connectivity index (χ4n) is 3.29. The summed E-state index contributed by atoms with van der Waals surface area (Å²) < 4.78 is 27.7. The third kappa shape index (κ3) is 3.43. The van der Waals surface area contributed by atoms with Gasteiger partial charge in [-0.15, -0.1) is 0 Å². The molecule has 0 amide bonds. The Labute approximate surface area is 138 Å². The molecule has 126 valence electrons. The van der Waals surface area contributed by atoms with Gasteiger partial charge in [0.15, 0.2) is 0 Å². The van der Waals surface area contributed by atoms with Gasteiger partial charge in [0.1, 0.15) is 11.6 Å². The Morgan fingerprint density at radius 1 is 1.33 bits per heavy atom. The van der Waals surface area contributed by atoms with Crippen LogP contribution in [0.5, 0.6) is 0 Å². The van der Waals surface area contributed by atoms with Crippen LogP contribution in [-0.2, 0) is 4.79 Å². The Morgan fingerprint density at radius 3 is 2.83 bits per heavy atom.